The highest BCUT2D eigenvalue weighted by atomic mass is 32.2. The molecule has 0 aliphatic carbocycles. The van der Waals surface area contributed by atoms with Gasteiger partial charge in [0.05, 0.1) is 12.1 Å². The Labute approximate surface area is 213 Å². The summed E-state index contributed by atoms with van der Waals surface area (Å²) in [5.41, 5.74) is 16.3. The maximum Gasteiger partial charge on any atom is 0.326 e. The summed E-state index contributed by atoms with van der Waals surface area (Å²) in [6.45, 7) is 1.51. The van der Waals surface area contributed by atoms with Gasteiger partial charge in [0.15, 0.2) is 5.96 Å². The van der Waals surface area contributed by atoms with E-state index in [0.29, 0.717) is 12.2 Å². The Balaban J connectivity index is 5.30. The van der Waals surface area contributed by atoms with Crippen LogP contribution in [0.25, 0.3) is 0 Å². The first-order valence-electron chi connectivity index (χ1n) is 11.1. The first-order chi connectivity index (χ1) is 16.8. The van der Waals surface area contributed by atoms with Crippen molar-refractivity contribution in [3.05, 3.63) is 0 Å². The van der Waals surface area contributed by atoms with Gasteiger partial charge in [-0.3, -0.25) is 24.2 Å². The predicted octanol–water partition coefficient (Wildman–Crippen LogP) is -3.09. The van der Waals surface area contributed by atoms with Crippen LogP contribution in [0.1, 0.15) is 39.0 Å². The van der Waals surface area contributed by atoms with E-state index in [1.807, 2.05) is 0 Å². The number of carboxylic acids is 2. The van der Waals surface area contributed by atoms with E-state index in [9.17, 15) is 34.2 Å². The quantitative estimate of drug-likeness (QED) is 0.0479. The minimum Gasteiger partial charge on any atom is -0.481 e. The molecule has 0 aromatic rings. The van der Waals surface area contributed by atoms with Gasteiger partial charge in [-0.15, -0.1) is 0 Å². The van der Waals surface area contributed by atoms with Crippen molar-refractivity contribution in [3.8, 4) is 0 Å². The molecule has 0 saturated carbocycles. The van der Waals surface area contributed by atoms with Gasteiger partial charge in [-0.1, -0.05) is 0 Å². The molecule has 206 valence electrons. The molecule has 0 heterocycles. The highest BCUT2D eigenvalue weighted by Crippen LogP contribution is 2.06. The fourth-order valence-electron chi connectivity index (χ4n) is 2.88. The molecule has 5 unspecified atom stereocenters. The minimum absolute atomic E-state index is 0.101. The van der Waals surface area contributed by atoms with Gasteiger partial charge in [-0.2, -0.15) is 11.8 Å². The largest absolute Gasteiger partial charge is 0.481 e. The van der Waals surface area contributed by atoms with Crippen LogP contribution in [0, 0.1) is 0 Å². The number of aliphatic carboxylic acids is 2. The molecular formula is C20H37N7O8S. The maximum absolute atomic E-state index is 12.8. The van der Waals surface area contributed by atoms with Crippen LogP contribution in [-0.4, -0.2) is 99.8 Å². The predicted molar refractivity (Wildman–Crippen MR) is 133 cm³/mol. The minimum atomic E-state index is -1.48. The number of thioether (sulfide) groups is 1. The Bertz CT molecular complexity index is 792. The number of carboxylic acid groups (broad SMARTS) is 2. The first kappa shape index (κ1) is 32.9. The molecule has 0 bridgehead atoms. The van der Waals surface area contributed by atoms with E-state index in [2.05, 4.69) is 20.9 Å². The van der Waals surface area contributed by atoms with Crippen LogP contribution in [-0.2, 0) is 24.0 Å². The summed E-state index contributed by atoms with van der Waals surface area (Å²) in [5.74, 6) is -4.79. The number of carbonyl (C=O) groups is 5. The lowest BCUT2D eigenvalue weighted by molar-refractivity contribution is -0.143. The fraction of sp³-hybridized carbons (Fsp3) is 0.700. The number of guanidine groups is 1. The Morgan fingerprint density at radius 2 is 1.53 bits per heavy atom. The average Bonchev–Trinajstić information content (AvgIpc) is 2.78. The first-order valence-corrected chi connectivity index (χ1v) is 12.5. The highest BCUT2D eigenvalue weighted by Gasteiger charge is 2.32. The van der Waals surface area contributed by atoms with E-state index in [0.717, 1.165) is 0 Å². The number of amides is 3. The topological polar surface area (TPSA) is 273 Å². The van der Waals surface area contributed by atoms with Crippen molar-refractivity contribution in [2.75, 3.05) is 18.6 Å². The number of aliphatic imine (C=N–C) groups is 1. The van der Waals surface area contributed by atoms with Crippen molar-refractivity contribution in [2.45, 2.75) is 69.3 Å². The third-order valence-electron chi connectivity index (χ3n) is 4.87. The Morgan fingerprint density at radius 3 is 2.03 bits per heavy atom. The molecule has 0 spiro atoms. The van der Waals surface area contributed by atoms with Gasteiger partial charge in [-0.25, -0.2) is 4.79 Å². The summed E-state index contributed by atoms with van der Waals surface area (Å²) in [5, 5.41) is 35.1. The Morgan fingerprint density at radius 1 is 0.917 bits per heavy atom. The van der Waals surface area contributed by atoms with Crippen molar-refractivity contribution in [1.82, 2.24) is 16.0 Å². The summed E-state index contributed by atoms with van der Waals surface area (Å²) >= 11 is 1.37. The van der Waals surface area contributed by atoms with Crippen LogP contribution in [0.5, 0.6) is 0 Å². The van der Waals surface area contributed by atoms with Crippen LogP contribution >= 0.6 is 11.8 Å². The second kappa shape index (κ2) is 17.3. The molecule has 12 N–H and O–H groups in total. The normalized spacial score (nSPS) is 14.9. The average molecular weight is 536 g/mol. The summed E-state index contributed by atoms with van der Waals surface area (Å²) in [6, 6.07) is -5.16. The summed E-state index contributed by atoms with van der Waals surface area (Å²) in [6.07, 6.45) is 0.263. The van der Waals surface area contributed by atoms with Crippen LogP contribution in [0.4, 0.5) is 0 Å². The van der Waals surface area contributed by atoms with Crippen LogP contribution in [0.2, 0.25) is 0 Å². The Hall–Kier alpha value is -3.11. The van der Waals surface area contributed by atoms with Crippen molar-refractivity contribution in [3.63, 3.8) is 0 Å². The molecule has 5 atom stereocenters. The lowest BCUT2D eigenvalue weighted by atomic mass is 10.1. The zero-order valence-corrected chi connectivity index (χ0v) is 21.1. The van der Waals surface area contributed by atoms with Gasteiger partial charge in [0.1, 0.15) is 18.1 Å². The van der Waals surface area contributed by atoms with Crippen molar-refractivity contribution < 1.29 is 39.3 Å². The highest BCUT2D eigenvalue weighted by molar-refractivity contribution is 7.98. The van der Waals surface area contributed by atoms with Gasteiger partial charge in [-0.05, 0) is 44.6 Å². The molecule has 15 nitrogen and oxygen atoms in total. The monoisotopic (exact) mass is 535 g/mol. The summed E-state index contributed by atoms with van der Waals surface area (Å²) < 4.78 is 0. The molecular weight excluding hydrogens is 498 g/mol. The number of aliphatic hydroxyl groups is 1. The summed E-state index contributed by atoms with van der Waals surface area (Å²) in [7, 11) is 0. The second-order valence-corrected chi connectivity index (χ2v) is 8.94. The SMILES string of the molecule is CSCCC(NC(=O)C(NC(=O)C(N)CCCN=C(N)N)C(C)O)C(=O)NC(CCC(=O)O)C(=O)O. The molecule has 0 radical (unpaired) electrons. The van der Waals surface area contributed by atoms with E-state index in [1.165, 1.54) is 18.7 Å². The van der Waals surface area contributed by atoms with E-state index < -0.39 is 66.4 Å². The summed E-state index contributed by atoms with van der Waals surface area (Å²) in [4.78, 5) is 63.9. The van der Waals surface area contributed by atoms with Crippen LogP contribution in [0.15, 0.2) is 4.99 Å². The van der Waals surface area contributed by atoms with E-state index >= 15 is 0 Å². The second-order valence-electron chi connectivity index (χ2n) is 7.96. The molecule has 0 aliphatic rings. The fourth-order valence-corrected chi connectivity index (χ4v) is 3.35. The number of nitrogens with zero attached hydrogens (tertiary/aromatic N) is 1. The maximum atomic E-state index is 12.8. The number of aliphatic hydroxyl groups excluding tert-OH is 1. The molecule has 16 heteroatoms. The smallest absolute Gasteiger partial charge is 0.326 e. The molecule has 0 aromatic carbocycles. The third-order valence-corrected chi connectivity index (χ3v) is 5.52. The van der Waals surface area contributed by atoms with Gasteiger partial charge >= 0.3 is 11.9 Å². The molecule has 0 aliphatic heterocycles. The number of hydrogen-bond donors (Lipinski definition) is 9. The number of rotatable bonds is 18. The standard InChI is InChI=1S/C20H37N7O8S/c1-10(28)15(27-16(31)11(21)4-3-8-24-20(22)23)18(33)25-12(7-9-36-2)17(32)26-13(19(34)35)5-6-14(29)30/h10-13,15,28H,3-9,21H2,1-2H3,(H,25,33)(H,26,32)(H,27,31)(H,29,30)(H,34,35)(H4,22,23,24). The van der Waals surface area contributed by atoms with Crippen LogP contribution < -0.4 is 33.2 Å². The molecule has 36 heavy (non-hydrogen) atoms. The van der Waals surface area contributed by atoms with Crippen molar-refractivity contribution >= 4 is 47.4 Å². The molecule has 0 rings (SSSR count). The van der Waals surface area contributed by atoms with Gasteiger partial charge in [0.25, 0.3) is 0 Å². The third kappa shape index (κ3) is 13.7. The van der Waals surface area contributed by atoms with Gasteiger partial charge in [0.2, 0.25) is 17.7 Å². The van der Waals surface area contributed by atoms with Gasteiger partial charge < -0.3 is 48.5 Å². The van der Waals surface area contributed by atoms with Gasteiger partial charge in [0, 0.05) is 13.0 Å². The van der Waals surface area contributed by atoms with E-state index in [1.54, 1.807) is 6.26 Å². The zero-order chi connectivity index (χ0) is 27.8. The van der Waals surface area contributed by atoms with E-state index in [-0.39, 0.29) is 31.8 Å². The molecule has 3 amide bonds. The van der Waals surface area contributed by atoms with Crippen molar-refractivity contribution in [2.24, 2.45) is 22.2 Å². The molecule has 0 fully saturated rings. The number of hydrogen-bond acceptors (Lipinski definition) is 9. The lowest BCUT2D eigenvalue weighted by Crippen LogP contribution is -2.59. The molecule has 0 saturated heterocycles. The number of nitrogens with one attached hydrogen (secondary N) is 3. The molecule has 0 aromatic heterocycles. The lowest BCUT2D eigenvalue weighted by Gasteiger charge is -2.26. The van der Waals surface area contributed by atoms with Crippen molar-refractivity contribution in [1.29, 1.82) is 0 Å². The zero-order valence-electron chi connectivity index (χ0n) is 20.3. The van der Waals surface area contributed by atoms with E-state index in [4.69, 9.17) is 22.3 Å². The number of carbonyl (C=O) groups excluding carboxylic acids is 3. The Kier molecular flexibility index (Phi) is 15.8. The van der Waals surface area contributed by atoms with Crippen LogP contribution in [0.3, 0.4) is 0 Å². The number of nitrogens with two attached hydrogens (primary N) is 3.